The summed E-state index contributed by atoms with van der Waals surface area (Å²) in [5, 5.41) is 0. The third kappa shape index (κ3) is 4.10. The van der Waals surface area contributed by atoms with Crippen LogP contribution >= 0.6 is 0 Å². The Morgan fingerprint density at radius 3 is 2.58 bits per heavy atom. The van der Waals surface area contributed by atoms with Gasteiger partial charge in [-0.05, 0) is 55.9 Å². The lowest BCUT2D eigenvalue weighted by molar-refractivity contribution is 0.0627. The van der Waals surface area contributed by atoms with Gasteiger partial charge >= 0.3 is 0 Å². The van der Waals surface area contributed by atoms with E-state index in [1.165, 1.54) is 19.3 Å². The second-order valence-electron chi connectivity index (χ2n) is 7.22. The summed E-state index contributed by atoms with van der Waals surface area (Å²) in [6, 6.07) is 7.89. The topological polar surface area (TPSA) is 38.8 Å². The first-order valence-electron chi connectivity index (χ1n) is 9.27. The molecule has 1 saturated heterocycles. The molecule has 0 bridgehead atoms. The summed E-state index contributed by atoms with van der Waals surface area (Å²) in [5.41, 5.74) is 0.736. The maximum Gasteiger partial charge on any atom is 0.253 e. The highest BCUT2D eigenvalue weighted by atomic mass is 16.5. The van der Waals surface area contributed by atoms with Gasteiger partial charge in [-0.1, -0.05) is 19.8 Å². The number of hydrogen-bond acceptors (Lipinski definition) is 3. The largest absolute Gasteiger partial charge is 0.491 e. The van der Waals surface area contributed by atoms with E-state index < -0.39 is 0 Å². The lowest BCUT2D eigenvalue weighted by atomic mass is 9.85. The van der Waals surface area contributed by atoms with Crippen LogP contribution in [0.25, 0.3) is 0 Å². The van der Waals surface area contributed by atoms with Crippen LogP contribution < -0.4 is 4.74 Å². The molecule has 0 spiro atoms. The molecule has 1 aliphatic carbocycles. The molecular formula is C20H29NO3. The van der Waals surface area contributed by atoms with Crippen LogP contribution in [0.1, 0.15) is 55.8 Å². The fourth-order valence-electron chi connectivity index (χ4n) is 3.88. The zero-order chi connectivity index (χ0) is 16.9. The van der Waals surface area contributed by atoms with Gasteiger partial charge in [0.1, 0.15) is 12.4 Å². The van der Waals surface area contributed by atoms with Gasteiger partial charge in [-0.15, -0.1) is 0 Å². The molecule has 3 rings (SSSR count). The summed E-state index contributed by atoms with van der Waals surface area (Å²) in [5.74, 6) is 1.50. The maximum absolute atomic E-state index is 12.7. The van der Waals surface area contributed by atoms with Gasteiger partial charge in [0, 0.05) is 25.3 Å². The van der Waals surface area contributed by atoms with Gasteiger partial charge in [0.25, 0.3) is 5.91 Å². The highest BCUT2D eigenvalue weighted by molar-refractivity contribution is 5.94. The van der Waals surface area contributed by atoms with Crippen molar-refractivity contribution in [2.24, 2.45) is 5.92 Å². The number of hydrogen-bond donors (Lipinski definition) is 0. The van der Waals surface area contributed by atoms with Gasteiger partial charge in [0.05, 0.1) is 6.10 Å². The molecule has 3 unspecified atom stereocenters. The Balaban J connectivity index is 1.56. The minimum atomic E-state index is 0.111. The van der Waals surface area contributed by atoms with Crippen LogP contribution in [0.3, 0.4) is 0 Å². The van der Waals surface area contributed by atoms with Gasteiger partial charge < -0.3 is 14.4 Å². The van der Waals surface area contributed by atoms with Crippen LogP contribution in [0.5, 0.6) is 5.75 Å². The summed E-state index contributed by atoms with van der Waals surface area (Å²) in [7, 11) is 1.94. The molecule has 1 heterocycles. The molecule has 0 N–H and O–H groups in total. The van der Waals surface area contributed by atoms with Crippen molar-refractivity contribution in [3.63, 3.8) is 0 Å². The minimum Gasteiger partial charge on any atom is -0.491 e. The quantitative estimate of drug-likeness (QED) is 0.821. The molecule has 2 aliphatic rings. The predicted octanol–water partition coefficient (Wildman–Crippen LogP) is 3.90. The fraction of sp³-hybridized carbons (Fsp3) is 0.650. The van der Waals surface area contributed by atoms with Crippen molar-refractivity contribution < 1.29 is 14.3 Å². The molecule has 1 aromatic carbocycles. The summed E-state index contributed by atoms with van der Waals surface area (Å²) in [6.45, 7) is 3.69. The monoisotopic (exact) mass is 331 g/mol. The van der Waals surface area contributed by atoms with Crippen molar-refractivity contribution in [2.75, 3.05) is 20.3 Å². The first kappa shape index (κ1) is 17.3. The molecule has 4 heteroatoms. The minimum absolute atomic E-state index is 0.111. The van der Waals surface area contributed by atoms with Gasteiger partial charge in [-0.2, -0.15) is 0 Å². The van der Waals surface area contributed by atoms with Crippen molar-refractivity contribution in [2.45, 2.75) is 57.6 Å². The second kappa shape index (κ2) is 8.02. The normalized spacial score (nSPS) is 27.0. The van der Waals surface area contributed by atoms with Crippen LogP contribution in [0.15, 0.2) is 24.3 Å². The number of rotatable bonds is 5. The van der Waals surface area contributed by atoms with E-state index in [1.807, 2.05) is 36.2 Å². The molecule has 2 fully saturated rings. The molecule has 3 atom stereocenters. The van der Waals surface area contributed by atoms with E-state index in [0.717, 1.165) is 37.2 Å². The number of carbonyl (C=O) groups is 1. The molecule has 1 aromatic rings. The standard InChI is InChI=1S/C20H29NO3/c1-15-6-3-4-8-19(15)21(2)20(22)16-9-11-17(12-10-16)24-14-18-7-5-13-23-18/h9-12,15,18-19H,3-8,13-14H2,1-2H3. The third-order valence-electron chi connectivity index (χ3n) is 5.45. The summed E-state index contributed by atoms with van der Waals surface area (Å²) >= 11 is 0. The lowest BCUT2D eigenvalue weighted by Gasteiger charge is -2.36. The highest BCUT2D eigenvalue weighted by Crippen LogP contribution is 2.28. The van der Waals surface area contributed by atoms with Gasteiger partial charge in [-0.25, -0.2) is 0 Å². The Kier molecular flexibility index (Phi) is 5.77. The van der Waals surface area contributed by atoms with E-state index in [0.29, 0.717) is 18.6 Å². The highest BCUT2D eigenvalue weighted by Gasteiger charge is 2.28. The Bertz CT molecular complexity index is 536. The first-order chi connectivity index (χ1) is 11.6. The zero-order valence-corrected chi connectivity index (χ0v) is 14.9. The Hall–Kier alpha value is -1.55. The smallest absolute Gasteiger partial charge is 0.253 e. The third-order valence-corrected chi connectivity index (χ3v) is 5.45. The summed E-state index contributed by atoms with van der Waals surface area (Å²) in [4.78, 5) is 14.7. The van der Waals surface area contributed by atoms with Crippen molar-refractivity contribution in [3.8, 4) is 5.75 Å². The average molecular weight is 331 g/mol. The zero-order valence-electron chi connectivity index (χ0n) is 14.9. The number of nitrogens with zero attached hydrogens (tertiary/aromatic N) is 1. The molecule has 0 radical (unpaired) electrons. The van der Waals surface area contributed by atoms with Crippen LogP contribution in [-0.2, 0) is 4.74 Å². The Morgan fingerprint density at radius 1 is 1.17 bits per heavy atom. The SMILES string of the molecule is CC1CCCCC1N(C)C(=O)c1ccc(OCC2CCCO2)cc1. The van der Waals surface area contributed by atoms with Crippen LogP contribution in [0, 0.1) is 5.92 Å². The number of carbonyl (C=O) groups excluding carboxylic acids is 1. The van der Waals surface area contributed by atoms with E-state index in [1.54, 1.807) is 0 Å². The van der Waals surface area contributed by atoms with Crippen molar-refractivity contribution in [1.82, 2.24) is 4.90 Å². The Labute approximate surface area is 145 Å². The van der Waals surface area contributed by atoms with E-state index >= 15 is 0 Å². The molecule has 24 heavy (non-hydrogen) atoms. The van der Waals surface area contributed by atoms with Gasteiger partial charge in [0.2, 0.25) is 0 Å². The van der Waals surface area contributed by atoms with Crippen LogP contribution in [-0.4, -0.2) is 43.2 Å². The van der Waals surface area contributed by atoms with E-state index in [4.69, 9.17) is 9.47 Å². The molecule has 132 valence electrons. The van der Waals surface area contributed by atoms with Crippen molar-refractivity contribution in [3.05, 3.63) is 29.8 Å². The Morgan fingerprint density at radius 2 is 1.92 bits per heavy atom. The summed E-state index contributed by atoms with van der Waals surface area (Å²) in [6.07, 6.45) is 7.25. The molecule has 1 saturated carbocycles. The van der Waals surface area contributed by atoms with Crippen LogP contribution in [0.4, 0.5) is 0 Å². The van der Waals surface area contributed by atoms with Crippen molar-refractivity contribution in [1.29, 1.82) is 0 Å². The van der Waals surface area contributed by atoms with Gasteiger partial charge in [-0.3, -0.25) is 4.79 Å². The number of amides is 1. The molecule has 4 nitrogen and oxygen atoms in total. The van der Waals surface area contributed by atoms with E-state index in [9.17, 15) is 4.79 Å². The first-order valence-corrected chi connectivity index (χ1v) is 9.27. The van der Waals surface area contributed by atoms with E-state index in [-0.39, 0.29) is 12.0 Å². The number of benzene rings is 1. The second-order valence-corrected chi connectivity index (χ2v) is 7.22. The van der Waals surface area contributed by atoms with Crippen molar-refractivity contribution >= 4 is 5.91 Å². The maximum atomic E-state index is 12.7. The number of ether oxygens (including phenoxy) is 2. The summed E-state index contributed by atoms with van der Waals surface area (Å²) < 4.78 is 11.3. The molecular weight excluding hydrogens is 302 g/mol. The van der Waals surface area contributed by atoms with Crippen LogP contribution in [0.2, 0.25) is 0 Å². The lowest BCUT2D eigenvalue weighted by Crippen LogP contribution is -2.42. The average Bonchev–Trinajstić information content (AvgIpc) is 3.13. The molecule has 1 aliphatic heterocycles. The predicted molar refractivity (Wildman–Crippen MR) is 94.4 cm³/mol. The molecule has 1 amide bonds. The fourth-order valence-corrected chi connectivity index (χ4v) is 3.88. The molecule has 0 aromatic heterocycles. The van der Waals surface area contributed by atoms with E-state index in [2.05, 4.69) is 6.92 Å². The van der Waals surface area contributed by atoms with Gasteiger partial charge in [0.15, 0.2) is 0 Å².